The number of non-ortho nitro benzene ring substituents is 1. The van der Waals surface area contributed by atoms with Crippen LogP contribution in [0.1, 0.15) is 18.5 Å². The fourth-order valence-electron chi connectivity index (χ4n) is 1.18. The van der Waals surface area contributed by atoms with Gasteiger partial charge in [0.25, 0.3) is 5.69 Å². The van der Waals surface area contributed by atoms with Gasteiger partial charge >= 0.3 is 6.09 Å². The number of amides is 1. The molecule has 6 nitrogen and oxygen atoms in total. The number of benzene rings is 1. The summed E-state index contributed by atoms with van der Waals surface area (Å²) in [4.78, 5) is 20.3. The highest BCUT2D eigenvalue weighted by molar-refractivity contribution is 5.65. The predicted octanol–water partition coefficient (Wildman–Crippen LogP) is 1.92. The lowest BCUT2D eigenvalue weighted by atomic mass is 10.1. The molecule has 0 spiro atoms. The first kappa shape index (κ1) is 11.0. The zero-order chi connectivity index (χ0) is 11.4. The minimum absolute atomic E-state index is 0.0495. The van der Waals surface area contributed by atoms with Crippen LogP contribution >= 0.6 is 0 Å². The SMILES string of the molecule is CC(NC(=O)O)c1cccc([N+](=O)[O-])c1. The van der Waals surface area contributed by atoms with Crippen molar-refractivity contribution in [2.75, 3.05) is 0 Å². The lowest BCUT2D eigenvalue weighted by Crippen LogP contribution is -2.24. The van der Waals surface area contributed by atoms with E-state index in [-0.39, 0.29) is 5.69 Å². The third-order valence-electron chi connectivity index (χ3n) is 1.92. The van der Waals surface area contributed by atoms with E-state index in [0.717, 1.165) is 0 Å². The van der Waals surface area contributed by atoms with Gasteiger partial charge < -0.3 is 10.4 Å². The zero-order valence-electron chi connectivity index (χ0n) is 8.01. The first-order chi connectivity index (χ1) is 7.00. The van der Waals surface area contributed by atoms with Gasteiger partial charge in [0.2, 0.25) is 0 Å². The van der Waals surface area contributed by atoms with Crippen LogP contribution in [0.15, 0.2) is 24.3 Å². The van der Waals surface area contributed by atoms with Gasteiger partial charge in [-0.3, -0.25) is 10.1 Å². The van der Waals surface area contributed by atoms with Gasteiger partial charge in [0, 0.05) is 12.1 Å². The Kier molecular flexibility index (Phi) is 3.22. The van der Waals surface area contributed by atoms with Crippen LogP contribution in [0.5, 0.6) is 0 Å². The van der Waals surface area contributed by atoms with Gasteiger partial charge in [0.15, 0.2) is 0 Å². The summed E-state index contributed by atoms with van der Waals surface area (Å²) in [5, 5.41) is 21.2. The molecular weight excluding hydrogens is 200 g/mol. The highest BCUT2D eigenvalue weighted by Crippen LogP contribution is 2.18. The topological polar surface area (TPSA) is 92.5 Å². The van der Waals surface area contributed by atoms with E-state index < -0.39 is 17.1 Å². The summed E-state index contributed by atoms with van der Waals surface area (Å²) in [5.74, 6) is 0. The molecule has 0 aliphatic heterocycles. The van der Waals surface area contributed by atoms with Crippen molar-refractivity contribution in [3.63, 3.8) is 0 Å². The summed E-state index contributed by atoms with van der Waals surface area (Å²) in [7, 11) is 0. The summed E-state index contributed by atoms with van der Waals surface area (Å²) in [6, 6.07) is 5.39. The molecule has 0 radical (unpaired) electrons. The lowest BCUT2D eigenvalue weighted by molar-refractivity contribution is -0.384. The van der Waals surface area contributed by atoms with Gasteiger partial charge in [-0.1, -0.05) is 12.1 Å². The van der Waals surface area contributed by atoms with Crippen molar-refractivity contribution >= 4 is 11.8 Å². The molecule has 15 heavy (non-hydrogen) atoms. The maximum Gasteiger partial charge on any atom is 0.405 e. The third kappa shape index (κ3) is 2.94. The lowest BCUT2D eigenvalue weighted by Gasteiger charge is -2.10. The molecule has 0 saturated carbocycles. The molecule has 1 unspecified atom stereocenters. The van der Waals surface area contributed by atoms with E-state index >= 15 is 0 Å². The highest BCUT2D eigenvalue weighted by Gasteiger charge is 2.11. The van der Waals surface area contributed by atoms with E-state index in [1.54, 1.807) is 13.0 Å². The first-order valence-corrected chi connectivity index (χ1v) is 4.24. The number of carboxylic acid groups (broad SMARTS) is 1. The number of hydrogen-bond acceptors (Lipinski definition) is 3. The smallest absolute Gasteiger partial charge is 0.405 e. The van der Waals surface area contributed by atoms with E-state index in [4.69, 9.17) is 5.11 Å². The molecule has 0 fully saturated rings. The Morgan fingerprint density at radius 2 is 2.27 bits per heavy atom. The Balaban J connectivity index is 2.89. The second-order valence-electron chi connectivity index (χ2n) is 3.02. The normalized spacial score (nSPS) is 11.8. The molecule has 2 N–H and O–H groups in total. The highest BCUT2D eigenvalue weighted by atomic mass is 16.6. The maximum absolute atomic E-state index is 10.5. The van der Waals surface area contributed by atoms with Crippen LogP contribution in [0.2, 0.25) is 0 Å². The van der Waals surface area contributed by atoms with Crippen LogP contribution in [0.25, 0.3) is 0 Å². The number of nitro benzene ring substituents is 1. The summed E-state index contributed by atoms with van der Waals surface area (Å²) in [6.45, 7) is 1.62. The summed E-state index contributed by atoms with van der Waals surface area (Å²) >= 11 is 0. The van der Waals surface area contributed by atoms with Crippen LogP contribution < -0.4 is 5.32 Å². The van der Waals surface area contributed by atoms with Crippen molar-refractivity contribution in [2.45, 2.75) is 13.0 Å². The molecule has 0 aromatic heterocycles. The van der Waals surface area contributed by atoms with Gasteiger partial charge in [-0.05, 0) is 12.5 Å². The van der Waals surface area contributed by atoms with E-state index in [1.165, 1.54) is 18.2 Å². The summed E-state index contributed by atoms with van der Waals surface area (Å²) < 4.78 is 0. The Morgan fingerprint density at radius 1 is 1.60 bits per heavy atom. The average molecular weight is 210 g/mol. The van der Waals surface area contributed by atoms with Crippen molar-refractivity contribution < 1.29 is 14.8 Å². The molecule has 80 valence electrons. The molecule has 1 rings (SSSR count). The Hall–Kier alpha value is -2.11. The zero-order valence-corrected chi connectivity index (χ0v) is 8.01. The third-order valence-corrected chi connectivity index (χ3v) is 1.92. The molecule has 0 heterocycles. The minimum Gasteiger partial charge on any atom is -0.465 e. The van der Waals surface area contributed by atoms with Crippen molar-refractivity contribution in [1.82, 2.24) is 5.32 Å². The molecule has 6 heteroatoms. The van der Waals surface area contributed by atoms with Crippen LogP contribution in [0, 0.1) is 10.1 Å². The molecular formula is C9H10N2O4. The molecule has 1 amide bonds. The van der Waals surface area contributed by atoms with Gasteiger partial charge in [-0.25, -0.2) is 4.79 Å². The van der Waals surface area contributed by atoms with Crippen molar-refractivity contribution in [2.24, 2.45) is 0 Å². The van der Waals surface area contributed by atoms with E-state index in [1.807, 2.05) is 0 Å². The Morgan fingerprint density at radius 3 is 2.80 bits per heavy atom. The van der Waals surface area contributed by atoms with Crippen LogP contribution in [0.3, 0.4) is 0 Å². The fraction of sp³-hybridized carbons (Fsp3) is 0.222. The quantitative estimate of drug-likeness (QED) is 0.588. The maximum atomic E-state index is 10.5. The van der Waals surface area contributed by atoms with Crippen LogP contribution in [0.4, 0.5) is 10.5 Å². The van der Waals surface area contributed by atoms with Gasteiger partial charge in [-0.2, -0.15) is 0 Å². The second kappa shape index (κ2) is 4.41. The van der Waals surface area contributed by atoms with Crippen molar-refractivity contribution in [3.8, 4) is 0 Å². The fourth-order valence-corrected chi connectivity index (χ4v) is 1.18. The number of nitro groups is 1. The second-order valence-corrected chi connectivity index (χ2v) is 3.02. The number of nitrogens with one attached hydrogen (secondary N) is 1. The first-order valence-electron chi connectivity index (χ1n) is 4.24. The summed E-state index contributed by atoms with van der Waals surface area (Å²) in [6.07, 6.45) is -1.16. The molecule has 1 aromatic carbocycles. The van der Waals surface area contributed by atoms with Gasteiger partial charge in [-0.15, -0.1) is 0 Å². The van der Waals surface area contributed by atoms with Crippen LogP contribution in [-0.4, -0.2) is 16.1 Å². The minimum atomic E-state index is -1.16. The molecule has 1 aromatic rings. The van der Waals surface area contributed by atoms with Crippen LogP contribution in [-0.2, 0) is 0 Å². The van der Waals surface area contributed by atoms with Gasteiger partial charge in [0.05, 0.1) is 11.0 Å². The predicted molar refractivity (Wildman–Crippen MR) is 52.7 cm³/mol. The number of nitrogens with zero attached hydrogens (tertiary/aromatic N) is 1. The number of rotatable bonds is 3. The monoisotopic (exact) mass is 210 g/mol. The molecule has 0 saturated heterocycles. The van der Waals surface area contributed by atoms with Gasteiger partial charge in [0.1, 0.15) is 0 Å². The average Bonchev–Trinajstić information content (AvgIpc) is 2.17. The summed E-state index contributed by atoms with van der Waals surface area (Å²) in [5.41, 5.74) is 0.512. The Labute approximate surface area is 85.7 Å². The van der Waals surface area contributed by atoms with E-state index in [2.05, 4.69) is 5.32 Å². The molecule has 0 aliphatic rings. The number of hydrogen-bond donors (Lipinski definition) is 2. The molecule has 0 bridgehead atoms. The largest absolute Gasteiger partial charge is 0.465 e. The number of carbonyl (C=O) groups is 1. The Bertz CT molecular complexity index is 391. The standard InChI is InChI=1S/C9H10N2O4/c1-6(10-9(12)13)7-3-2-4-8(5-7)11(14)15/h2-6,10H,1H3,(H,12,13). The van der Waals surface area contributed by atoms with Crippen molar-refractivity contribution in [3.05, 3.63) is 39.9 Å². The van der Waals surface area contributed by atoms with Crippen molar-refractivity contribution in [1.29, 1.82) is 0 Å². The molecule has 1 atom stereocenters. The molecule has 0 aliphatic carbocycles. The van der Waals surface area contributed by atoms with E-state index in [0.29, 0.717) is 5.56 Å². The van der Waals surface area contributed by atoms with E-state index in [9.17, 15) is 14.9 Å².